The van der Waals surface area contributed by atoms with E-state index in [1.807, 2.05) is 0 Å². The van der Waals surface area contributed by atoms with E-state index in [9.17, 15) is 13.2 Å². The van der Waals surface area contributed by atoms with Gasteiger partial charge in [-0.1, -0.05) is 0 Å². The van der Waals surface area contributed by atoms with Crippen LogP contribution in [0.2, 0.25) is 0 Å². The molecule has 0 heterocycles. The van der Waals surface area contributed by atoms with Gasteiger partial charge in [-0.2, -0.15) is 0 Å². The molecule has 12 heavy (non-hydrogen) atoms. The minimum Gasteiger partial charge on any atom is -0.368 e. The summed E-state index contributed by atoms with van der Waals surface area (Å²) in [6, 6.07) is 0. The molecular formula is C6H9F3O3. The van der Waals surface area contributed by atoms with Gasteiger partial charge in [-0.25, -0.2) is 0 Å². The molecular weight excluding hydrogens is 177 g/mol. The summed E-state index contributed by atoms with van der Waals surface area (Å²) in [6.45, 7) is 0. The van der Waals surface area contributed by atoms with Crippen molar-refractivity contribution in [3.05, 3.63) is 0 Å². The first-order chi connectivity index (χ1) is 5.38. The highest BCUT2D eigenvalue weighted by Gasteiger charge is 2.41. The summed E-state index contributed by atoms with van der Waals surface area (Å²) in [5, 5.41) is 17.0. The van der Waals surface area contributed by atoms with Crippen molar-refractivity contribution in [1.29, 1.82) is 0 Å². The summed E-state index contributed by atoms with van der Waals surface area (Å²) in [5.74, 6) is -0.475. The van der Waals surface area contributed by atoms with E-state index in [-0.39, 0.29) is 12.8 Å². The van der Waals surface area contributed by atoms with Crippen molar-refractivity contribution in [2.75, 3.05) is 0 Å². The van der Waals surface area contributed by atoms with Crippen molar-refractivity contribution < 1.29 is 28.1 Å². The lowest BCUT2D eigenvalue weighted by atomic mass is 9.82. The van der Waals surface area contributed by atoms with Gasteiger partial charge in [-0.15, -0.1) is 13.2 Å². The minimum atomic E-state index is -4.62. The molecule has 1 aliphatic carbocycles. The Labute approximate surface area is 66.8 Å². The van der Waals surface area contributed by atoms with E-state index in [1.54, 1.807) is 0 Å². The Morgan fingerprint density at radius 1 is 1.25 bits per heavy atom. The molecule has 0 amide bonds. The SMILES string of the molecule is OC(O)[C@H]1C[C@@H](OC(F)(F)F)C1. The van der Waals surface area contributed by atoms with Crippen molar-refractivity contribution in [2.24, 2.45) is 5.92 Å². The van der Waals surface area contributed by atoms with Gasteiger partial charge in [0.05, 0.1) is 6.10 Å². The molecule has 1 fully saturated rings. The Hall–Kier alpha value is -0.330. The van der Waals surface area contributed by atoms with Crippen LogP contribution in [0.25, 0.3) is 0 Å². The van der Waals surface area contributed by atoms with Crippen LogP contribution in [0.5, 0.6) is 0 Å². The van der Waals surface area contributed by atoms with Crippen LogP contribution < -0.4 is 0 Å². The first-order valence-corrected chi connectivity index (χ1v) is 3.49. The second kappa shape index (κ2) is 3.20. The third kappa shape index (κ3) is 2.62. The summed E-state index contributed by atoms with van der Waals surface area (Å²) in [5.41, 5.74) is 0. The van der Waals surface area contributed by atoms with Crippen LogP contribution in [0, 0.1) is 5.92 Å². The van der Waals surface area contributed by atoms with Crippen LogP contribution in [0.3, 0.4) is 0 Å². The van der Waals surface area contributed by atoms with Crippen LogP contribution in [-0.4, -0.2) is 29.0 Å². The van der Waals surface area contributed by atoms with Crippen molar-refractivity contribution in [3.63, 3.8) is 0 Å². The lowest BCUT2D eigenvalue weighted by molar-refractivity contribution is -0.358. The second-order valence-electron chi connectivity index (χ2n) is 2.83. The molecule has 1 rings (SSSR count). The number of aliphatic hydroxyl groups excluding tert-OH is 1. The Morgan fingerprint density at radius 2 is 1.75 bits per heavy atom. The highest BCUT2D eigenvalue weighted by Crippen LogP contribution is 2.35. The molecule has 0 bridgehead atoms. The number of hydrogen-bond acceptors (Lipinski definition) is 3. The molecule has 0 aromatic rings. The van der Waals surface area contributed by atoms with Crippen LogP contribution in [0.15, 0.2) is 0 Å². The molecule has 0 saturated heterocycles. The van der Waals surface area contributed by atoms with Crippen molar-refractivity contribution >= 4 is 0 Å². The Balaban J connectivity index is 2.18. The monoisotopic (exact) mass is 186 g/mol. The smallest absolute Gasteiger partial charge is 0.368 e. The number of hydrogen-bond donors (Lipinski definition) is 2. The molecule has 6 heteroatoms. The van der Waals surface area contributed by atoms with E-state index in [2.05, 4.69) is 4.74 Å². The highest BCUT2D eigenvalue weighted by molar-refractivity contribution is 4.81. The van der Waals surface area contributed by atoms with Crippen molar-refractivity contribution in [1.82, 2.24) is 0 Å². The standard InChI is InChI=1S/C6H9F3O3/c7-6(8,9)12-4-1-3(2-4)5(10)11/h3-5,10-11H,1-2H2/t3-,4+. The minimum absolute atomic E-state index is 0.0528. The number of alkyl halides is 3. The van der Waals surface area contributed by atoms with E-state index in [0.29, 0.717) is 0 Å². The molecule has 72 valence electrons. The van der Waals surface area contributed by atoms with E-state index in [0.717, 1.165) is 0 Å². The quantitative estimate of drug-likeness (QED) is 0.621. The van der Waals surface area contributed by atoms with E-state index in [4.69, 9.17) is 10.2 Å². The average molecular weight is 186 g/mol. The third-order valence-electron chi connectivity index (χ3n) is 1.85. The Bertz CT molecular complexity index is 151. The summed E-state index contributed by atoms with van der Waals surface area (Å²) in [4.78, 5) is 0. The summed E-state index contributed by atoms with van der Waals surface area (Å²) < 4.78 is 38.2. The van der Waals surface area contributed by atoms with Gasteiger partial charge < -0.3 is 10.2 Å². The number of aliphatic hydroxyl groups is 2. The largest absolute Gasteiger partial charge is 0.522 e. The molecule has 0 radical (unpaired) electrons. The summed E-state index contributed by atoms with van der Waals surface area (Å²) >= 11 is 0. The zero-order chi connectivity index (χ0) is 9.35. The average Bonchev–Trinajstić information content (AvgIpc) is 1.74. The molecule has 3 nitrogen and oxygen atoms in total. The zero-order valence-electron chi connectivity index (χ0n) is 6.08. The molecule has 0 spiro atoms. The van der Waals surface area contributed by atoms with Gasteiger partial charge in [-0.3, -0.25) is 4.74 Å². The van der Waals surface area contributed by atoms with E-state index < -0.39 is 24.7 Å². The summed E-state index contributed by atoms with van der Waals surface area (Å²) in [6.07, 6.45) is -6.94. The Morgan fingerprint density at radius 3 is 2.08 bits per heavy atom. The Kier molecular flexibility index (Phi) is 2.60. The molecule has 1 aliphatic rings. The fourth-order valence-electron chi connectivity index (χ4n) is 1.13. The maximum absolute atomic E-state index is 11.5. The predicted molar refractivity (Wildman–Crippen MR) is 31.9 cm³/mol. The van der Waals surface area contributed by atoms with Gasteiger partial charge in [-0.05, 0) is 12.8 Å². The molecule has 0 aromatic carbocycles. The van der Waals surface area contributed by atoms with Gasteiger partial charge in [0.2, 0.25) is 0 Å². The summed E-state index contributed by atoms with van der Waals surface area (Å²) in [7, 11) is 0. The maximum Gasteiger partial charge on any atom is 0.522 e. The first-order valence-electron chi connectivity index (χ1n) is 3.49. The van der Waals surface area contributed by atoms with Crippen LogP contribution in [0.1, 0.15) is 12.8 Å². The lowest BCUT2D eigenvalue weighted by Crippen LogP contribution is -2.41. The fraction of sp³-hybridized carbons (Fsp3) is 1.00. The molecule has 0 aromatic heterocycles. The third-order valence-corrected chi connectivity index (χ3v) is 1.85. The number of ether oxygens (including phenoxy) is 1. The highest BCUT2D eigenvalue weighted by atomic mass is 19.4. The van der Waals surface area contributed by atoms with Crippen LogP contribution >= 0.6 is 0 Å². The molecule has 1 saturated carbocycles. The van der Waals surface area contributed by atoms with Gasteiger partial charge in [0.15, 0.2) is 6.29 Å². The molecule has 0 atom stereocenters. The van der Waals surface area contributed by atoms with E-state index in [1.165, 1.54) is 0 Å². The van der Waals surface area contributed by atoms with Crippen LogP contribution in [-0.2, 0) is 4.74 Å². The fourth-order valence-corrected chi connectivity index (χ4v) is 1.13. The second-order valence-corrected chi connectivity index (χ2v) is 2.83. The van der Waals surface area contributed by atoms with E-state index >= 15 is 0 Å². The molecule has 0 aliphatic heterocycles. The molecule has 2 N–H and O–H groups in total. The van der Waals surface area contributed by atoms with Crippen molar-refractivity contribution in [2.45, 2.75) is 31.6 Å². The number of rotatable bonds is 2. The van der Waals surface area contributed by atoms with Gasteiger partial charge >= 0.3 is 6.36 Å². The predicted octanol–water partition coefficient (Wildman–Crippen LogP) is 0.612. The first kappa shape index (κ1) is 9.76. The van der Waals surface area contributed by atoms with Crippen molar-refractivity contribution in [3.8, 4) is 0 Å². The topological polar surface area (TPSA) is 49.7 Å². The number of halogens is 3. The zero-order valence-corrected chi connectivity index (χ0v) is 6.08. The van der Waals surface area contributed by atoms with Gasteiger partial charge in [0, 0.05) is 5.92 Å². The molecule has 0 unspecified atom stereocenters. The van der Waals surface area contributed by atoms with Crippen LogP contribution in [0.4, 0.5) is 13.2 Å². The normalized spacial score (nSPS) is 30.5. The van der Waals surface area contributed by atoms with Gasteiger partial charge in [0.1, 0.15) is 0 Å². The maximum atomic E-state index is 11.5. The van der Waals surface area contributed by atoms with Gasteiger partial charge in [0.25, 0.3) is 0 Å². The lowest BCUT2D eigenvalue weighted by Gasteiger charge is -2.36.